The Balaban J connectivity index is 2.01. The molecule has 1 aliphatic rings. The van der Waals surface area contributed by atoms with Gasteiger partial charge in [0.25, 0.3) is 0 Å². The fourth-order valence-corrected chi connectivity index (χ4v) is 2.16. The van der Waals surface area contributed by atoms with E-state index in [2.05, 4.69) is 28.6 Å². The van der Waals surface area contributed by atoms with E-state index in [9.17, 15) is 0 Å². The van der Waals surface area contributed by atoms with Crippen molar-refractivity contribution in [1.82, 2.24) is 14.8 Å². The van der Waals surface area contributed by atoms with Gasteiger partial charge < -0.3 is 0 Å². The quantitative estimate of drug-likeness (QED) is 0.722. The first-order chi connectivity index (χ1) is 6.79. The van der Waals surface area contributed by atoms with E-state index in [1.165, 1.54) is 25.7 Å². The predicted molar refractivity (Wildman–Crippen MR) is 56.1 cm³/mol. The Morgan fingerprint density at radius 2 is 2.07 bits per heavy atom. The molecule has 1 saturated carbocycles. The van der Waals surface area contributed by atoms with Gasteiger partial charge in [0.1, 0.15) is 12.2 Å². The maximum atomic E-state index is 4.48. The number of hydrogen-bond donors (Lipinski definition) is 0. The van der Waals surface area contributed by atoms with Gasteiger partial charge in [0, 0.05) is 6.42 Å². The molecule has 1 heterocycles. The Kier molecular flexibility index (Phi) is 2.85. The molecule has 0 saturated heterocycles. The number of aryl methyl sites for hydroxylation is 1. The molecule has 0 aromatic carbocycles. The largest absolute Gasteiger partial charge is 0.250 e. The van der Waals surface area contributed by atoms with Crippen molar-refractivity contribution in [2.45, 2.75) is 52.0 Å². The Morgan fingerprint density at radius 1 is 1.36 bits per heavy atom. The molecule has 0 N–H and O–H groups in total. The van der Waals surface area contributed by atoms with Gasteiger partial charge in [0.2, 0.25) is 0 Å². The summed E-state index contributed by atoms with van der Waals surface area (Å²) in [6, 6.07) is 0.610. The van der Waals surface area contributed by atoms with Crippen LogP contribution in [0.3, 0.4) is 0 Å². The maximum absolute atomic E-state index is 4.48. The molecule has 1 fully saturated rings. The Hall–Kier alpha value is -0.860. The van der Waals surface area contributed by atoms with Crippen LogP contribution in [0.15, 0.2) is 6.33 Å². The molecule has 0 amide bonds. The van der Waals surface area contributed by atoms with E-state index in [0.717, 1.165) is 18.2 Å². The normalized spacial score (nSPS) is 27.9. The van der Waals surface area contributed by atoms with Crippen LogP contribution >= 0.6 is 0 Å². The second-order valence-electron chi connectivity index (χ2n) is 4.41. The third-order valence-electron chi connectivity index (χ3n) is 3.23. The topological polar surface area (TPSA) is 30.7 Å². The lowest BCUT2D eigenvalue weighted by Crippen LogP contribution is -2.17. The van der Waals surface area contributed by atoms with Crippen molar-refractivity contribution in [2.24, 2.45) is 5.92 Å². The Morgan fingerprint density at radius 3 is 2.64 bits per heavy atom. The van der Waals surface area contributed by atoms with Crippen LogP contribution in [0.1, 0.15) is 51.4 Å². The molecule has 0 atom stereocenters. The van der Waals surface area contributed by atoms with Crippen LogP contribution in [0.5, 0.6) is 0 Å². The van der Waals surface area contributed by atoms with Gasteiger partial charge in [-0.15, -0.1) is 0 Å². The number of aromatic nitrogens is 3. The van der Waals surface area contributed by atoms with E-state index < -0.39 is 0 Å². The number of nitrogens with zero attached hydrogens (tertiary/aromatic N) is 3. The average molecular weight is 193 g/mol. The molecule has 1 aromatic rings. The molecule has 3 nitrogen and oxygen atoms in total. The van der Waals surface area contributed by atoms with Gasteiger partial charge in [-0.25, -0.2) is 9.67 Å². The molecule has 0 radical (unpaired) electrons. The first-order valence-electron chi connectivity index (χ1n) is 5.69. The molecule has 2 rings (SSSR count). The van der Waals surface area contributed by atoms with Gasteiger partial charge in [-0.05, 0) is 31.6 Å². The minimum Gasteiger partial charge on any atom is -0.250 e. The van der Waals surface area contributed by atoms with Gasteiger partial charge in [-0.1, -0.05) is 13.8 Å². The van der Waals surface area contributed by atoms with Crippen molar-refractivity contribution in [3.05, 3.63) is 12.2 Å². The molecule has 0 bridgehead atoms. The summed E-state index contributed by atoms with van der Waals surface area (Å²) in [4.78, 5) is 4.28. The van der Waals surface area contributed by atoms with E-state index in [4.69, 9.17) is 0 Å². The second kappa shape index (κ2) is 4.11. The minimum absolute atomic E-state index is 0.610. The van der Waals surface area contributed by atoms with Gasteiger partial charge in [0.05, 0.1) is 6.04 Å². The van der Waals surface area contributed by atoms with Gasteiger partial charge >= 0.3 is 0 Å². The van der Waals surface area contributed by atoms with E-state index in [-0.39, 0.29) is 0 Å². The summed E-state index contributed by atoms with van der Waals surface area (Å²) in [7, 11) is 0. The summed E-state index contributed by atoms with van der Waals surface area (Å²) in [6.45, 7) is 4.44. The highest BCUT2D eigenvalue weighted by molar-refractivity contribution is 4.83. The number of rotatable bonds is 2. The van der Waals surface area contributed by atoms with E-state index in [1.54, 1.807) is 0 Å². The van der Waals surface area contributed by atoms with Crippen LogP contribution in [-0.2, 0) is 6.42 Å². The lowest BCUT2D eigenvalue weighted by Gasteiger charge is -2.25. The van der Waals surface area contributed by atoms with Crippen molar-refractivity contribution in [1.29, 1.82) is 0 Å². The lowest BCUT2D eigenvalue weighted by molar-refractivity contribution is 0.273. The SMILES string of the molecule is CCc1ncn([C@H]2CC[C@H](C)CC2)n1. The first-order valence-corrected chi connectivity index (χ1v) is 5.69. The highest BCUT2D eigenvalue weighted by atomic mass is 15.3. The molecular weight excluding hydrogens is 174 g/mol. The lowest BCUT2D eigenvalue weighted by atomic mass is 9.87. The predicted octanol–water partition coefficient (Wildman–Crippen LogP) is 2.59. The summed E-state index contributed by atoms with van der Waals surface area (Å²) < 4.78 is 2.07. The molecule has 1 aromatic heterocycles. The Labute approximate surface area is 85.5 Å². The molecular formula is C11H19N3. The smallest absolute Gasteiger partial charge is 0.150 e. The zero-order valence-electron chi connectivity index (χ0n) is 9.11. The van der Waals surface area contributed by atoms with Crippen LogP contribution < -0.4 is 0 Å². The highest BCUT2D eigenvalue weighted by Crippen LogP contribution is 2.30. The van der Waals surface area contributed by atoms with Crippen molar-refractivity contribution in [2.75, 3.05) is 0 Å². The van der Waals surface area contributed by atoms with E-state index in [1.807, 2.05) is 6.33 Å². The van der Waals surface area contributed by atoms with E-state index in [0.29, 0.717) is 6.04 Å². The average Bonchev–Trinajstić information content (AvgIpc) is 2.67. The highest BCUT2D eigenvalue weighted by Gasteiger charge is 2.20. The maximum Gasteiger partial charge on any atom is 0.150 e. The monoisotopic (exact) mass is 193 g/mol. The molecule has 0 aliphatic heterocycles. The minimum atomic E-state index is 0.610. The zero-order chi connectivity index (χ0) is 9.97. The molecule has 0 spiro atoms. The van der Waals surface area contributed by atoms with Crippen LogP contribution in [-0.4, -0.2) is 14.8 Å². The van der Waals surface area contributed by atoms with Gasteiger partial charge in [0.15, 0.2) is 0 Å². The van der Waals surface area contributed by atoms with Gasteiger partial charge in [-0.2, -0.15) is 5.10 Å². The van der Waals surface area contributed by atoms with E-state index >= 15 is 0 Å². The summed E-state index contributed by atoms with van der Waals surface area (Å²) in [5.41, 5.74) is 0. The molecule has 0 unspecified atom stereocenters. The third-order valence-corrected chi connectivity index (χ3v) is 3.23. The van der Waals surface area contributed by atoms with Crippen molar-refractivity contribution in [3.63, 3.8) is 0 Å². The van der Waals surface area contributed by atoms with Crippen molar-refractivity contribution in [3.8, 4) is 0 Å². The second-order valence-corrected chi connectivity index (χ2v) is 4.41. The zero-order valence-corrected chi connectivity index (χ0v) is 9.11. The van der Waals surface area contributed by atoms with Crippen LogP contribution in [0.4, 0.5) is 0 Å². The van der Waals surface area contributed by atoms with Crippen LogP contribution in [0.2, 0.25) is 0 Å². The number of hydrogen-bond acceptors (Lipinski definition) is 2. The molecule has 1 aliphatic carbocycles. The first kappa shape index (κ1) is 9.69. The van der Waals surface area contributed by atoms with Gasteiger partial charge in [-0.3, -0.25) is 0 Å². The standard InChI is InChI=1S/C11H19N3/c1-3-11-12-8-14(13-11)10-6-4-9(2)5-7-10/h8-10H,3-7H2,1-2H3/t9-,10-. The van der Waals surface area contributed by atoms with Crippen LogP contribution in [0.25, 0.3) is 0 Å². The molecule has 3 heteroatoms. The summed E-state index contributed by atoms with van der Waals surface area (Å²) in [5, 5.41) is 4.48. The van der Waals surface area contributed by atoms with Crippen molar-refractivity contribution < 1.29 is 0 Å². The Bertz CT molecular complexity index is 284. The molecule has 14 heavy (non-hydrogen) atoms. The van der Waals surface area contributed by atoms with Crippen LogP contribution in [0, 0.1) is 5.92 Å². The summed E-state index contributed by atoms with van der Waals surface area (Å²) >= 11 is 0. The summed E-state index contributed by atoms with van der Waals surface area (Å²) in [6.07, 6.45) is 8.06. The molecule has 78 valence electrons. The van der Waals surface area contributed by atoms with Crippen molar-refractivity contribution >= 4 is 0 Å². The fraction of sp³-hybridized carbons (Fsp3) is 0.818. The third kappa shape index (κ3) is 1.97. The fourth-order valence-electron chi connectivity index (χ4n) is 2.16. The summed E-state index contributed by atoms with van der Waals surface area (Å²) in [5.74, 6) is 1.88.